The Morgan fingerprint density at radius 1 is 1.11 bits per heavy atom. The van der Waals surface area contributed by atoms with Crippen molar-refractivity contribution in [2.24, 2.45) is 0 Å². The van der Waals surface area contributed by atoms with Gasteiger partial charge >= 0.3 is 0 Å². The molecule has 0 aromatic heterocycles. The minimum Gasteiger partial charge on any atom is -0.391 e. The minimum absolute atomic E-state index is 0.283. The van der Waals surface area contributed by atoms with Gasteiger partial charge in [0.25, 0.3) is 11.8 Å². The summed E-state index contributed by atoms with van der Waals surface area (Å²) in [5, 5.41) is 20.6. The Kier molecular flexibility index (Phi) is 7.45. The first-order valence-corrected chi connectivity index (χ1v) is 8.37. The third-order valence-corrected chi connectivity index (χ3v) is 3.75. The number of hydroxylamine groups is 1. The predicted molar refractivity (Wildman–Crippen MR) is 102 cm³/mol. The number of aliphatic hydroxyl groups excluding tert-OH is 1. The zero-order valence-corrected chi connectivity index (χ0v) is 15.0. The molecule has 0 aliphatic carbocycles. The first kappa shape index (κ1) is 20.8. The fourth-order valence-corrected chi connectivity index (χ4v) is 2.24. The molecule has 0 heterocycles. The van der Waals surface area contributed by atoms with Crippen molar-refractivity contribution < 1.29 is 24.3 Å². The van der Waals surface area contributed by atoms with Crippen LogP contribution in [0.2, 0.25) is 0 Å². The van der Waals surface area contributed by atoms with Gasteiger partial charge in [-0.25, -0.2) is 9.87 Å². The molecule has 7 heteroatoms. The average molecular weight is 382 g/mol. The summed E-state index contributed by atoms with van der Waals surface area (Å²) < 4.78 is 12.8. The first-order valence-electron chi connectivity index (χ1n) is 8.37. The normalized spacial score (nSPS) is 12.6. The van der Waals surface area contributed by atoms with Gasteiger partial charge in [-0.05, 0) is 61.0 Å². The van der Waals surface area contributed by atoms with Crippen LogP contribution in [0.25, 0.3) is 6.08 Å². The lowest BCUT2D eigenvalue weighted by Crippen LogP contribution is -2.51. The Hall–Kier alpha value is -3.47. The van der Waals surface area contributed by atoms with Crippen LogP contribution in [0, 0.1) is 17.7 Å². The maximum absolute atomic E-state index is 12.8. The number of amides is 2. The van der Waals surface area contributed by atoms with Gasteiger partial charge in [-0.1, -0.05) is 24.0 Å². The Balaban J connectivity index is 2.00. The number of rotatable bonds is 5. The van der Waals surface area contributed by atoms with E-state index in [2.05, 4.69) is 17.2 Å². The summed E-state index contributed by atoms with van der Waals surface area (Å²) in [7, 11) is 0. The number of carbonyl (C=O) groups is 2. The summed E-state index contributed by atoms with van der Waals surface area (Å²) in [6.07, 6.45) is 2.20. The Bertz CT molecular complexity index is 910. The quantitative estimate of drug-likeness (QED) is 0.360. The van der Waals surface area contributed by atoms with Gasteiger partial charge < -0.3 is 10.4 Å². The molecule has 28 heavy (non-hydrogen) atoms. The van der Waals surface area contributed by atoms with Crippen LogP contribution in [0.15, 0.2) is 54.6 Å². The van der Waals surface area contributed by atoms with E-state index in [4.69, 9.17) is 5.21 Å². The standard InChI is InChI=1S/C21H19FN2O4/c1-14(25)19(21(27)24-28)23-20(26)17-10-6-15(7-11-17)4-2-3-5-16-8-12-18(22)13-9-16/h2,4,6-14,19,25,28H,1H3,(H,23,26)(H,24,27)/b4-2+/t14-,19+/m1/s1. The lowest BCUT2D eigenvalue weighted by molar-refractivity contribution is -0.133. The van der Waals surface area contributed by atoms with E-state index in [0.717, 1.165) is 5.56 Å². The molecule has 144 valence electrons. The van der Waals surface area contributed by atoms with E-state index in [9.17, 15) is 19.1 Å². The van der Waals surface area contributed by atoms with Gasteiger partial charge in [0, 0.05) is 11.1 Å². The van der Waals surface area contributed by atoms with Gasteiger partial charge in [-0.3, -0.25) is 14.8 Å². The molecule has 2 rings (SSSR count). The van der Waals surface area contributed by atoms with Crippen molar-refractivity contribution in [3.8, 4) is 11.8 Å². The van der Waals surface area contributed by atoms with Crippen LogP contribution < -0.4 is 10.8 Å². The van der Waals surface area contributed by atoms with E-state index in [1.807, 2.05) is 0 Å². The second-order valence-corrected chi connectivity index (χ2v) is 5.90. The molecule has 0 bridgehead atoms. The smallest absolute Gasteiger partial charge is 0.268 e. The van der Waals surface area contributed by atoms with E-state index < -0.39 is 24.0 Å². The lowest BCUT2D eigenvalue weighted by atomic mass is 10.1. The number of hydrogen-bond acceptors (Lipinski definition) is 4. The third-order valence-electron chi connectivity index (χ3n) is 3.75. The fourth-order valence-electron chi connectivity index (χ4n) is 2.24. The van der Waals surface area contributed by atoms with Gasteiger partial charge in [0.05, 0.1) is 6.10 Å². The number of allylic oxidation sites excluding steroid dienone is 1. The van der Waals surface area contributed by atoms with Crippen molar-refractivity contribution in [1.82, 2.24) is 10.8 Å². The minimum atomic E-state index is -1.28. The number of nitrogens with one attached hydrogen (secondary N) is 2. The zero-order chi connectivity index (χ0) is 20.5. The number of benzene rings is 2. The molecule has 6 nitrogen and oxygen atoms in total. The fraction of sp³-hybridized carbons (Fsp3) is 0.143. The highest BCUT2D eigenvalue weighted by molar-refractivity contribution is 5.97. The van der Waals surface area contributed by atoms with E-state index in [1.54, 1.807) is 48.6 Å². The molecule has 2 atom stereocenters. The summed E-state index contributed by atoms with van der Waals surface area (Å²) in [6, 6.07) is 11.1. The summed E-state index contributed by atoms with van der Waals surface area (Å²) in [6.45, 7) is 1.32. The summed E-state index contributed by atoms with van der Waals surface area (Å²) >= 11 is 0. The van der Waals surface area contributed by atoms with Crippen LogP contribution in [-0.4, -0.2) is 34.3 Å². The van der Waals surface area contributed by atoms with Crippen molar-refractivity contribution in [2.45, 2.75) is 19.1 Å². The van der Waals surface area contributed by atoms with Gasteiger partial charge in [-0.15, -0.1) is 0 Å². The molecule has 0 spiro atoms. The molecule has 0 unspecified atom stereocenters. The lowest BCUT2D eigenvalue weighted by Gasteiger charge is -2.19. The third kappa shape index (κ3) is 6.06. The first-order chi connectivity index (χ1) is 13.4. The predicted octanol–water partition coefficient (Wildman–Crippen LogP) is 1.88. The van der Waals surface area contributed by atoms with Crippen molar-refractivity contribution >= 4 is 17.9 Å². The van der Waals surface area contributed by atoms with Crippen molar-refractivity contribution in [3.05, 3.63) is 77.1 Å². The molecule has 0 fully saturated rings. The molecule has 4 N–H and O–H groups in total. The van der Waals surface area contributed by atoms with Crippen LogP contribution in [-0.2, 0) is 4.79 Å². The molecule has 0 saturated heterocycles. The molecular weight excluding hydrogens is 363 g/mol. The molecule has 2 aromatic rings. The maximum atomic E-state index is 12.8. The molecule has 2 aromatic carbocycles. The molecule has 2 amide bonds. The average Bonchev–Trinajstić information content (AvgIpc) is 2.70. The van der Waals surface area contributed by atoms with Gasteiger partial charge in [0.15, 0.2) is 0 Å². The van der Waals surface area contributed by atoms with E-state index in [1.165, 1.54) is 24.5 Å². The summed E-state index contributed by atoms with van der Waals surface area (Å²) in [5.74, 6) is 3.91. The number of halogens is 1. The van der Waals surface area contributed by atoms with Crippen molar-refractivity contribution in [1.29, 1.82) is 0 Å². The highest BCUT2D eigenvalue weighted by atomic mass is 19.1. The van der Waals surface area contributed by atoms with Gasteiger partial charge in [-0.2, -0.15) is 0 Å². The highest BCUT2D eigenvalue weighted by Crippen LogP contribution is 2.07. The van der Waals surface area contributed by atoms with Crippen LogP contribution >= 0.6 is 0 Å². The topological polar surface area (TPSA) is 98.7 Å². The Labute approximate surface area is 161 Å². The van der Waals surface area contributed by atoms with E-state index in [0.29, 0.717) is 5.56 Å². The maximum Gasteiger partial charge on any atom is 0.268 e. The second-order valence-electron chi connectivity index (χ2n) is 5.90. The molecular formula is C21H19FN2O4. The number of aliphatic hydroxyl groups is 1. The van der Waals surface area contributed by atoms with Crippen molar-refractivity contribution in [3.63, 3.8) is 0 Å². The second kappa shape index (κ2) is 10.0. The zero-order valence-electron chi connectivity index (χ0n) is 15.0. The van der Waals surface area contributed by atoms with E-state index in [-0.39, 0.29) is 11.4 Å². The molecule has 0 aliphatic rings. The van der Waals surface area contributed by atoms with E-state index >= 15 is 0 Å². The SMILES string of the molecule is C[C@@H](O)[C@H](NC(=O)c1ccc(/C=C/C#Cc2ccc(F)cc2)cc1)C(=O)NO. The number of carbonyl (C=O) groups excluding carboxylic acids is 2. The monoisotopic (exact) mass is 382 g/mol. The van der Waals surface area contributed by atoms with Gasteiger partial charge in [0.1, 0.15) is 11.9 Å². The van der Waals surface area contributed by atoms with Crippen LogP contribution in [0.4, 0.5) is 4.39 Å². The molecule has 0 radical (unpaired) electrons. The van der Waals surface area contributed by atoms with Crippen LogP contribution in [0.5, 0.6) is 0 Å². The molecule has 0 saturated carbocycles. The largest absolute Gasteiger partial charge is 0.391 e. The summed E-state index contributed by atoms with van der Waals surface area (Å²) in [4.78, 5) is 23.6. The number of hydrogen-bond donors (Lipinski definition) is 4. The van der Waals surface area contributed by atoms with Crippen LogP contribution in [0.1, 0.15) is 28.4 Å². The van der Waals surface area contributed by atoms with Crippen LogP contribution in [0.3, 0.4) is 0 Å². The Morgan fingerprint density at radius 2 is 1.75 bits per heavy atom. The summed E-state index contributed by atoms with van der Waals surface area (Å²) in [5.41, 5.74) is 3.17. The Morgan fingerprint density at radius 3 is 2.32 bits per heavy atom. The molecule has 0 aliphatic heterocycles. The van der Waals surface area contributed by atoms with Gasteiger partial charge in [0.2, 0.25) is 0 Å². The van der Waals surface area contributed by atoms with Crippen molar-refractivity contribution in [2.75, 3.05) is 0 Å². The highest BCUT2D eigenvalue weighted by Gasteiger charge is 2.25.